The Morgan fingerprint density at radius 2 is 2.27 bits per heavy atom. The number of likely N-dealkylation sites (N-methyl/N-ethyl adjacent to an activating group) is 1. The lowest BCUT2D eigenvalue weighted by Crippen LogP contribution is -2.29. The van der Waals surface area contributed by atoms with Crippen molar-refractivity contribution in [2.45, 2.75) is 6.92 Å². The van der Waals surface area contributed by atoms with Crippen LogP contribution in [0.2, 0.25) is 5.02 Å². The third-order valence-corrected chi connectivity index (χ3v) is 2.20. The number of benzene rings is 1. The Morgan fingerprint density at radius 1 is 1.53 bits per heavy atom. The Balaban J connectivity index is 2.58. The number of carbonyl (C=O) groups is 1. The number of rotatable bonds is 4. The van der Waals surface area contributed by atoms with Gasteiger partial charge in [0, 0.05) is 6.54 Å². The molecule has 1 rings (SSSR count). The van der Waals surface area contributed by atoms with E-state index in [0.29, 0.717) is 22.9 Å². The van der Waals surface area contributed by atoms with Crippen LogP contribution in [0.3, 0.4) is 0 Å². The number of hydrogen-bond acceptors (Lipinski definition) is 3. The topological polar surface area (TPSA) is 67.2 Å². The van der Waals surface area contributed by atoms with Gasteiger partial charge in [0.05, 0.1) is 22.9 Å². The number of halogens is 1. The van der Waals surface area contributed by atoms with Crippen molar-refractivity contribution in [3.05, 3.63) is 23.2 Å². The van der Waals surface area contributed by atoms with E-state index in [1.807, 2.05) is 6.92 Å². The Morgan fingerprint density at radius 3 is 2.93 bits per heavy atom. The predicted octanol–water partition coefficient (Wildman–Crippen LogP) is 1.47. The van der Waals surface area contributed by atoms with E-state index in [1.54, 1.807) is 18.2 Å². The van der Waals surface area contributed by atoms with Gasteiger partial charge in [-0.05, 0) is 19.1 Å². The number of amides is 1. The van der Waals surface area contributed by atoms with Gasteiger partial charge in [0.15, 0.2) is 0 Å². The maximum absolute atomic E-state index is 11.2. The minimum atomic E-state index is -0.0723. The molecule has 0 aliphatic carbocycles. The number of hydrogen-bond donors (Lipinski definition) is 3. The zero-order valence-corrected chi connectivity index (χ0v) is 9.27. The number of nitrogens with one attached hydrogen (secondary N) is 2. The van der Waals surface area contributed by atoms with Crippen molar-refractivity contribution in [2.75, 3.05) is 24.1 Å². The molecule has 82 valence electrons. The van der Waals surface area contributed by atoms with Gasteiger partial charge in [-0.2, -0.15) is 0 Å². The molecular formula is C10H14ClN3O. The standard InChI is InChI=1S/C10H14ClN3O/c1-2-13-9(15)6-14-8-5-3-4-7(11)10(8)12/h3-5,14H,2,6,12H2,1H3,(H,13,15). The van der Waals surface area contributed by atoms with E-state index in [4.69, 9.17) is 17.3 Å². The molecule has 0 unspecified atom stereocenters. The molecule has 1 aromatic rings. The van der Waals surface area contributed by atoms with Crippen LogP contribution in [0, 0.1) is 0 Å². The third-order valence-electron chi connectivity index (χ3n) is 1.87. The Bertz CT molecular complexity index is 355. The second kappa shape index (κ2) is 5.46. The number of anilines is 2. The zero-order chi connectivity index (χ0) is 11.3. The van der Waals surface area contributed by atoms with Crippen LogP contribution in [0.1, 0.15) is 6.92 Å². The molecule has 0 bridgehead atoms. The zero-order valence-electron chi connectivity index (χ0n) is 8.51. The monoisotopic (exact) mass is 227 g/mol. The van der Waals surface area contributed by atoms with Gasteiger partial charge in [-0.3, -0.25) is 4.79 Å². The molecule has 4 N–H and O–H groups in total. The Hall–Kier alpha value is -1.42. The van der Waals surface area contributed by atoms with Gasteiger partial charge in [-0.1, -0.05) is 17.7 Å². The van der Waals surface area contributed by atoms with Crippen LogP contribution in [0.5, 0.6) is 0 Å². The first kappa shape index (κ1) is 11.7. The molecule has 0 aliphatic heterocycles. The summed E-state index contributed by atoms with van der Waals surface area (Å²) in [7, 11) is 0. The van der Waals surface area contributed by atoms with Crippen molar-refractivity contribution in [1.82, 2.24) is 5.32 Å². The quantitative estimate of drug-likeness (QED) is 0.683. The fourth-order valence-corrected chi connectivity index (χ4v) is 1.30. The highest BCUT2D eigenvalue weighted by Gasteiger charge is 2.04. The number of carbonyl (C=O) groups excluding carboxylic acids is 1. The minimum absolute atomic E-state index is 0.0723. The molecule has 4 nitrogen and oxygen atoms in total. The van der Waals surface area contributed by atoms with Crippen molar-refractivity contribution in [3.8, 4) is 0 Å². The van der Waals surface area contributed by atoms with E-state index in [1.165, 1.54) is 0 Å². The van der Waals surface area contributed by atoms with Crippen LogP contribution in [0.15, 0.2) is 18.2 Å². The van der Waals surface area contributed by atoms with Gasteiger partial charge in [0.25, 0.3) is 0 Å². The van der Waals surface area contributed by atoms with E-state index >= 15 is 0 Å². The minimum Gasteiger partial charge on any atom is -0.396 e. The molecule has 0 saturated carbocycles. The Kier molecular flexibility index (Phi) is 4.24. The summed E-state index contributed by atoms with van der Waals surface area (Å²) in [4.78, 5) is 11.2. The molecule has 0 aliphatic rings. The molecule has 0 fully saturated rings. The highest BCUT2D eigenvalue weighted by molar-refractivity contribution is 6.33. The van der Waals surface area contributed by atoms with Gasteiger partial charge < -0.3 is 16.4 Å². The highest BCUT2D eigenvalue weighted by atomic mass is 35.5. The average Bonchev–Trinajstić information content (AvgIpc) is 2.21. The van der Waals surface area contributed by atoms with E-state index in [9.17, 15) is 4.79 Å². The summed E-state index contributed by atoms with van der Waals surface area (Å²) in [6.45, 7) is 2.68. The molecule has 0 radical (unpaired) electrons. The Labute approximate surface area is 93.8 Å². The fourth-order valence-electron chi connectivity index (χ4n) is 1.13. The van der Waals surface area contributed by atoms with E-state index in [2.05, 4.69) is 10.6 Å². The summed E-state index contributed by atoms with van der Waals surface area (Å²) in [5, 5.41) is 6.07. The van der Waals surface area contributed by atoms with Crippen LogP contribution in [0.4, 0.5) is 11.4 Å². The number of nitrogens with two attached hydrogens (primary N) is 1. The predicted molar refractivity (Wildman–Crippen MR) is 63.0 cm³/mol. The van der Waals surface area contributed by atoms with E-state index in [-0.39, 0.29) is 12.5 Å². The first-order chi connectivity index (χ1) is 7.15. The lowest BCUT2D eigenvalue weighted by atomic mass is 10.2. The molecule has 0 heterocycles. The smallest absolute Gasteiger partial charge is 0.239 e. The molecular weight excluding hydrogens is 214 g/mol. The summed E-state index contributed by atoms with van der Waals surface area (Å²) in [5.41, 5.74) is 6.85. The molecule has 15 heavy (non-hydrogen) atoms. The molecule has 1 aromatic carbocycles. The SMILES string of the molecule is CCNC(=O)CNc1cccc(Cl)c1N. The van der Waals surface area contributed by atoms with Crippen LogP contribution in [-0.4, -0.2) is 19.0 Å². The molecule has 0 spiro atoms. The van der Waals surface area contributed by atoms with Crippen LogP contribution in [0.25, 0.3) is 0 Å². The van der Waals surface area contributed by atoms with Gasteiger partial charge in [0.1, 0.15) is 0 Å². The van der Waals surface area contributed by atoms with Gasteiger partial charge in [-0.25, -0.2) is 0 Å². The highest BCUT2D eigenvalue weighted by Crippen LogP contribution is 2.26. The average molecular weight is 228 g/mol. The summed E-state index contributed by atoms with van der Waals surface area (Å²) < 4.78 is 0. The lowest BCUT2D eigenvalue weighted by Gasteiger charge is -2.09. The summed E-state index contributed by atoms with van der Waals surface area (Å²) in [6, 6.07) is 5.26. The lowest BCUT2D eigenvalue weighted by molar-refractivity contribution is -0.119. The summed E-state index contributed by atoms with van der Waals surface area (Å²) >= 11 is 5.82. The van der Waals surface area contributed by atoms with Crippen molar-refractivity contribution >= 4 is 28.9 Å². The van der Waals surface area contributed by atoms with E-state index in [0.717, 1.165) is 0 Å². The first-order valence-corrected chi connectivity index (χ1v) is 5.07. The van der Waals surface area contributed by atoms with Crippen LogP contribution < -0.4 is 16.4 Å². The van der Waals surface area contributed by atoms with Crippen molar-refractivity contribution in [1.29, 1.82) is 0 Å². The maximum Gasteiger partial charge on any atom is 0.239 e. The molecule has 0 atom stereocenters. The fraction of sp³-hybridized carbons (Fsp3) is 0.300. The van der Waals surface area contributed by atoms with Crippen molar-refractivity contribution in [3.63, 3.8) is 0 Å². The first-order valence-electron chi connectivity index (χ1n) is 4.69. The maximum atomic E-state index is 11.2. The summed E-state index contributed by atoms with van der Waals surface area (Å²) in [6.07, 6.45) is 0. The molecule has 5 heteroatoms. The third kappa shape index (κ3) is 3.32. The summed E-state index contributed by atoms with van der Waals surface area (Å²) in [5.74, 6) is -0.0723. The second-order valence-electron chi connectivity index (χ2n) is 3.01. The molecule has 0 saturated heterocycles. The van der Waals surface area contributed by atoms with Crippen molar-refractivity contribution < 1.29 is 4.79 Å². The number of para-hydroxylation sites is 1. The largest absolute Gasteiger partial charge is 0.396 e. The van der Waals surface area contributed by atoms with Crippen molar-refractivity contribution in [2.24, 2.45) is 0 Å². The van der Waals surface area contributed by atoms with Crippen LogP contribution in [-0.2, 0) is 4.79 Å². The molecule has 0 aromatic heterocycles. The van der Waals surface area contributed by atoms with Gasteiger partial charge >= 0.3 is 0 Å². The van der Waals surface area contributed by atoms with E-state index < -0.39 is 0 Å². The van der Waals surface area contributed by atoms with Gasteiger partial charge in [-0.15, -0.1) is 0 Å². The molecule has 1 amide bonds. The number of nitrogen functional groups attached to an aromatic ring is 1. The second-order valence-corrected chi connectivity index (χ2v) is 3.42. The van der Waals surface area contributed by atoms with Gasteiger partial charge in [0.2, 0.25) is 5.91 Å². The van der Waals surface area contributed by atoms with Crippen LogP contribution >= 0.6 is 11.6 Å². The normalized spacial score (nSPS) is 9.73.